The average molecular weight is 303 g/mol. The molecule has 0 bridgehead atoms. The molecular weight excluding hydrogens is 284 g/mol. The van der Waals surface area contributed by atoms with E-state index in [0.29, 0.717) is 24.6 Å². The number of nitrogens with zero attached hydrogens (tertiary/aromatic N) is 3. The SMILES string of the molecule is CC(C)c1ncc2c(n1)CCN(Cc1ccc(F)cc1F)C2. The van der Waals surface area contributed by atoms with Gasteiger partial charge in [0.05, 0.1) is 0 Å². The van der Waals surface area contributed by atoms with E-state index in [-0.39, 0.29) is 0 Å². The number of fused-ring (bicyclic) bond motifs is 1. The molecule has 3 rings (SSSR count). The van der Waals surface area contributed by atoms with Crippen molar-refractivity contribution in [2.24, 2.45) is 0 Å². The molecule has 0 aliphatic carbocycles. The summed E-state index contributed by atoms with van der Waals surface area (Å²) in [7, 11) is 0. The third kappa shape index (κ3) is 3.14. The minimum Gasteiger partial charge on any atom is -0.294 e. The molecule has 22 heavy (non-hydrogen) atoms. The van der Waals surface area contributed by atoms with Crippen LogP contribution in [0.25, 0.3) is 0 Å². The molecule has 0 amide bonds. The number of hydrogen-bond donors (Lipinski definition) is 0. The van der Waals surface area contributed by atoms with Crippen molar-refractivity contribution in [2.75, 3.05) is 6.54 Å². The quantitative estimate of drug-likeness (QED) is 0.870. The maximum Gasteiger partial charge on any atom is 0.131 e. The second kappa shape index (κ2) is 6.08. The summed E-state index contributed by atoms with van der Waals surface area (Å²) in [4.78, 5) is 11.2. The fourth-order valence-electron chi connectivity index (χ4n) is 2.69. The van der Waals surface area contributed by atoms with E-state index in [0.717, 1.165) is 36.1 Å². The Labute approximate surface area is 129 Å². The van der Waals surface area contributed by atoms with Crippen LogP contribution in [-0.2, 0) is 19.5 Å². The number of aromatic nitrogens is 2. The van der Waals surface area contributed by atoms with Crippen molar-refractivity contribution in [2.45, 2.75) is 39.3 Å². The molecule has 0 N–H and O–H groups in total. The Morgan fingerprint density at radius 2 is 2.09 bits per heavy atom. The van der Waals surface area contributed by atoms with Gasteiger partial charge in [0.1, 0.15) is 17.5 Å². The summed E-state index contributed by atoms with van der Waals surface area (Å²) < 4.78 is 26.7. The van der Waals surface area contributed by atoms with Gasteiger partial charge in [-0.15, -0.1) is 0 Å². The Morgan fingerprint density at radius 3 is 2.82 bits per heavy atom. The highest BCUT2D eigenvalue weighted by Gasteiger charge is 2.20. The Bertz CT molecular complexity index is 686. The summed E-state index contributed by atoms with van der Waals surface area (Å²) in [6.45, 7) is 6.14. The smallest absolute Gasteiger partial charge is 0.131 e. The molecule has 1 aliphatic rings. The van der Waals surface area contributed by atoms with E-state index in [9.17, 15) is 8.78 Å². The van der Waals surface area contributed by atoms with Gasteiger partial charge in [0, 0.05) is 61.1 Å². The summed E-state index contributed by atoms with van der Waals surface area (Å²) in [5.41, 5.74) is 2.71. The van der Waals surface area contributed by atoms with Gasteiger partial charge < -0.3 is 0 Å². The first-order valence-corrected chi connectivity index (χ1v) is 7.54. The van der Waals surface area contributed by atoms with Crippen molar-refractivity contribution in [1.29, 1.82) is 0 Å². The minimum atomic E-state index is -0.542. The molecule has 0 radical (unpaired) electrons. The van der Waals surface area contributed by atoms with Gasteiger partial charge in [-0.3, -0.25) is 4.90 Å². The van der Waals surface area contributed by atoms with Crippen LogP contribution >= 0.6 is 0 Å². The Morgan fingerprint density at radius 1 is 1.27 bits per heavy atom. The summed E-state index contributed by atoms with van der Waals surface area (Å²) in [6.07, 6.45) is 2.71. The first-order valence-electron chi connectivity index (χ1n) is 7.54. The zero-order valence-electron chi connectivity index (χ0n) is 12.8. The molecule has 1 aromatic heterocycles. The van der Waals surface area contributed by atoms with E-state index in [1.807, 2.05) is 6.20 Å². The molecule has 116 valence electrons. The Hall–Kier alpha value is -1.88. The van der Waals surface area contributed by atoms with E-state index in [1.165, 1.54) is 12.1 Å². The highest BCUT2D eigenvalue weighted by atomic mass is 19.1. The molecule has 2 aromatic rings. The van der Waals surface area contributed by atoms with E-state index in [1.54, 1.807) is 0 Å². The second-order valence-corrected chi connectivity index (χ2v) is 6.05. The third-order valence-electron chi connectivity index (χ3n) is 3.96. The average Bonchev–Trinajstić information content (AvgIpc) is 2.49. The van der Waals surface area contributed by atoms with Crippen LogP contribution in [0.5, 0.6) is 0 Å². The molecule has 3 nitrogen and oxygen atoms in total. The van der Waals surface area contributed by atoms with Crippen LogP contribution in [-0.4, -0.2) is 21.4 Å². The highest BCUT2D eigenvalue weighted by molar-refractivity contribution is 5.23. The van der Waals surface area contributed by atoms with Crippen LogP contribution in [0.2, 0.25) is 0 Å². The van der Waals surface area contributed by atoms with Gasteiger partial charge in [-0.05, 0) is 6.07 Å². The lowest BCUT2D eigenvalue weighted by Crippen LogP contribution is -2.31. The largest absolute Gasteiger partial charge is 0.294 e. The van der Waals surface area contributed by atoms with Gasteiger partial charge in [0.25, 0.3) is 0 Å². The van der Waals surface area contributed by atoms with Crippen LogP contribution in [0.15, 0.2) is 24.4 Å². The fraction of sp³-hybridized carbons (Fsp3) is 0.412. The zero-order chi connectivity index (χ0) is 15.7. The number of halogens is 2. The molecule has 0 atom stereocenters. The highest BCUT2D eigenvalue weighted by Crippen LogP contribution is 2.21. The van der Waals surface area contributed by atoms with Crippen molar-refractivity contribution in [3.8, 4) is 0 Å². The lowest BCUT2D eigenvalue weighted by atomic mass is 10.1. The molecule has 5 heteroatoms. The molecule has 0 fully saturated rings. The lowest BCUT2D eigenvalue weighted by Gasteiger charge is -2.28. The topological polar surface area (TPSA) is 29.0 Å². The first-order chi connectivity index (χ1) is 10.5. The van der Waals surface area contributed by atoms with Crippen molar-refractivity contribution in [3.05, 3.63) is 58.7 Å². The van der Waals surface area contributed by atoms with E-state index < -0.39 is 11.6 Å². The van der Waals surface area contributed by atoms with Crippen LogP contribution in [0, 0.1) is 11.6 Å². The maximum absolute atomic E-state index is 13.8. The second-order valence-electron chi connectivity index (χ2n) is 6.05. The van der Waals surface area contributed by atoms with Gasteiger partial charge in [0.2, 0.25) is 0 Å². The van der Waals surface area contributed by atoms with Crippen molar-refractivity contribution >= 4 is 0 Å². The van der Waals surface area contributed by atoms with Gasteiger partial charge >= 0.3 is 0 Å². The van der Waals surface area contributed by atoms with E-state index >= 15 is 0 Å². The van der Waals surface area contributed by atoms with Crippen molar-refractivity contribution < 1.29 is 8.78 Å². The van der Waals surface area contributed by atoms with Crippen molar-refractivity contribution in [1.82, 2.24) is 14.9 Å². The third-order valence-corrected chi connectivity index (χ3v) is 3.96. The van der Waals surface area contributed by atoms with Gasteiger partial charge in [-0.25, -0.2) is 18.7 Å². The molecule has 0 unspecified atom stereocenters. The summed E-state index contributed by atoms with van der Waals surface area (Å²) in [6, 6.07) is 3.75. The maximum atomic E-state index is 13.8. The Kier molecular flexibility index (Phi) is 4.16. The Balaban J connectivity index is 1.74. The molecule has 0 saturated carbocycles. The normalized spacial score (nSPS) is 15.1. The predicted molar refractivity (Wildman–Crippen MR) is 80.3 cm³/mol. The standard InChI is InChI=1S/C17H19F2N3/c1-11(2)17-20-8-13-10-22(6-5-16(13)21-17)9-12-3-4-14(18)7-15(12)19/h3-4,7-8,11H,5-6,9-10H2,1-2H3. The zero-order valence-corrected chi connectivity index (χ0v) is 12.8. The lowest BCUT2D eigenvalue weighted by molar-refractivity contribution is 0.239. The summed E-state index contributed by atoms with van der Waals surface area (Å²) >= 11 is 0. The van der Waals surface area contributed by atoms with Crippen molar-refractivity contribution in [3.63, 3.8) is 0 Å². The summed E-state index contributed by atoms with van der Waals surface area (Å²) in [5.74, 6) is 0.158. The van der Waals surface area contributed by atoms with Gasteiger partial charge in [0.15, 0.2) is 0 Å². The van der Waals surface area contributed by atoms with E-state index in [2.05, 4.69) is 28.7 Å². The van der Waals surface area contributed by atoms with Crippen LogP contribution in [0.1, 0.15) is 42.4 Å². The molecule has 2 heterocycles. The van der Waals surface area contributed by atoms with Crippen LogP contribution in [0.4, 0.5) is 8.78 Å². The van der Waals surface area contributed by atoms with E-state index in [4.69, 9.17) is 0 Å². The fourth-order valence-corrected chi connectivity index (χ4v) is 2.69. The first kappa shape index (κ1) is 15.0. The monoisotopic (exact) mass is 303 g/mol. The van der Waals surface area contributed by atoms with Gasteiger partial charge in [-0.1, -0.05) is 19.9 Å². The number of hydrogen-bond acceptors (Lipinski definition) is 3. The molecular formula is C17H19F2N3. The van der Waals surface area contributed by atoms with Gasteiger partial charge in [-0.2, -0.15) is 0 Å². The molecule has 1 aliphatic heterocycles. The number of benzene rings is 1. The minimum absolute atomic E-state index is 0.316. The molecule has 1 aromatic carbocycles. The molecule has 0 saturated heterocycles. The summed E-state index contributed by atoms with van der Waals surface area (Å²) in [5, 5.41) is 0. The van der Waals surface area contributed by atoms with Crippen LogP contribution < -0.4 is 0 Å². The van der Waals surface area contributed by atoms with Crippen LogP contribution in [0.3, 0.4) is 0 Å². The predicted octanol–water partition coefficient (Wildman–Crippen LogP) is 3.44. The number of rotatable bonds is 3. The molecule has 0 spiro atoms.